The predicted octanol–water partition coefficient (Wildman–Crippen LogP) is 2.90. The van der Waals surface area contributed by atoms with Crippen LogP contribution in [0.2, 0.25) is 0 Å². The third kappa shape index (κ3) is 2.48. The molecule has 0 unspecified atom stereocenters. The first-order valence-electron chi connectivity index (χ1n) is 7.95. The maximum Gasteiger partial charge on any atom is 0.218 e. The molecule has 0 radical (unpaired) electrons. The summed E-state index contributed by atoms with van der Waals surface area (Å²) in [5, 5.41) is 10.7. The topological polar surface area (TPSA) is 55.8 Å². The monoisotopic (exact) mass is 342 g/mol. The fourth-order valence-electron chi connectivity index (χ4n) is 3.48. The molecule has 0 aromatic heterocycles. The molecule has 5 heteroatoms. The summed E-state index contributed by atoms with van der Waals surface area (Å²) in [6, 6.07) is 19.4. The molecule has 2 aliphatic heterocycles. The van der Waals surface area contributed by atoms with E-state index in [1.165, 1.54) is 11.8 Å². The average Bonchev–Trinajstić information content (AvgIpc) is 2.63. The van der Waals surface area contributed by atoms with Crippen LogP contribution in [0.5, 0.6) is 0 Å². The Bertz CT molecular complexity index is 694. The number of fused-ring (bicyclic) bond motifs is 1. The van der Waals surface area contributed by atoms with Gasteiger partial charge in [0.1, 0.15) is 0 Å². The molecule has 0 spiro atoms. The summed E-state index contributed by atoms with van der Waals surface area (Å²) in [5.74, 6) is -1.41. The van der Waals surface area contributed by atoms with Crippen molar-refractivity contribution >= 4 is 17.5 Å². The molecule has 2 fully saturated rings. The van der Waals surface area contributed by atoms with Crippen molar-refractivity contribution in [2.45, 2.75) is 17.8 Å². The second-order valence-corrected chi connectivity index (χ2v) is 7.27. The van der Waals surface area contributed by atoms with Gasteiger partial charge in [-0.25, -0.2) is 4.89 Å². The van der Waals surface area contributed by atoms with Crippen LogP contribution < -0.4 is 0 Å². The molecule has 2 atom stereocenters. The fraction of sp³-hybridized carbons (Fsp3) is 0.316. The lowest BCUT2D eigenvalue weighted by atomic mass is 9.75. The molecule has 2 aromatic carbocycles. The summed E-state index contributed by atoms with van der Waals surface area (Å²) < 4.78 is 0. The van der Waals surface area contributed by atoms with Crippen molar-refractivity contribution in [3.63, 3.8) is 0 Å². The second-order valence-electron chi connectivity index (χ2n) is 6.29. The first-order valence-corrected chi connectivity index (χ1v) is 9.10. The lowest BCUT2D eigenvalue weighted by molar-refractivity contribution is -0.486. The molecule has 0 amide bonds. The van der Waals surface area contributed by atoms with E-state index in [-0.39, 0.29) is 5.78 Å². The van der Waals surface area contributed by atoms with Crippen molar-refractivity contribution in [1.82, 2.24) is 0 Å². The van der Waals surface area contributed by atoms with Crippen molar-refractivity contribution in [2.24, 2.45) is 5.92 Å². The van der Waals surface area contributed by atoms with E-state index in [1.807, 2.05) is 60.7 Å². The van der Waals surface area contributed by atoms with E-state index < -0.39 is 17.3 Å². The Labute approximate surface area is 144 Å². The largest absolute Gasteiger partial charge is 0.362 e. The highest BCUT2D eigenvalue weighted by Crippen LogP contribution is 2.49. The van der Waals surface area contributed by atoms with Gasteiger partial charge in [-0.05, 0) is 11.1 Å². The molecule has 0 aliphatic carbocycles. The van der Waals surface area contributed by atoms with Gasteiger partial charge < -0.3 is 5.11 Å². The zero-order chi connectivity index (χ0) is 16.6. The lowest BCUT2D eigenvalue weighted by Gasteiger charge is -2.48. The highest BCUT2D eigenvalue weighted by Gasteiger charge is 2.57. The molecule has 4 nitrogen and oxygen atoms in total. The molecular formula is C19H18O4S. The minimum Gasteiger partial charge on any atom is -0.362 e. The number of ketones is 1. The maximum absolute atomic E-state index is 12.5. The molecule has 2 saturated heterocycles. The number of Topliss-reactive ketones (excluding diaryl/α,β-unsaturated/α-hetero) is 1. The van der Waals surface area contributed by atoms with Crippen LogP contribution in [0.4, 0.5) is 0 Å². The minimum atomic E-state index is -1.55. The van der Waals surface area contributed by atoms with E-state index in [4.69, 9.17) is 9.78 Å². The summed E-state index contributed by atoms with van der Waals surface area (Å²) in [6.07, 6.45) is 0.358. The van der Waals surface area contributed by atoms with Gasteiger partial charge in [-0.3, -0.25) is 4.79 Å². The standard InChI is InChI=1S/C19H18O4S/c20-17-12-24-13-19(21)16(17)11-18(22-23-19,14-7-3-1-4-8-14)15-9-5-2-6-10-15/h1-10,16,21H,11-13H2/t16-,19-/m1/s1. The first-order chi connectivity index (χ1) is 11.6. The van der Waals surface area contributed by atoms with E-state index >= 15 is 0 Å². The van der Waals surface area contributed by atoms with Crippen LogP contribution in [0.15, 0.2) is 60.7 Å². The van der Waals surface area contributed by atoms with Crippen LogP contribution in [0.3, 0.4) is 0 Å². The zero-order valence-corrected chi connectivity index (χ0v) is 13.9. The van der Waals surface area contributed by atoms with Crippen LogP contribution in [-0.2, 0) is 20.2 Å². The number of hydrogen-bond donors (Lipinski definition) is 1. The van der Waals surface area contributed by atoms with Gasteiger partial charge in [0.25, 0.3) is 0 Å². The van der Waals surface area contributed by atoms with Gasteiger partial charge in [-0.2, -0.15) is 4.89 Å². The quantitative estimate of drug-likeness (QED) is 0.851. The Kier molecular flexibility index (Phi) is 3.96. The number of thioether (sulfide) groups is 1. The van der Waals surface area contributed by atoms with E-state index in [2.05, 4.69) is 0 Å². The number of aliphatic hydroxyl groups is 1. The van der Waals surface area contributed by atoms with Crippen molar-refractivity contribution in [3.8, 4) is 0 Å². The number of benzene rings is 2. The van der Waals surface area contributed by atoms with Crippen LogP contribution in [0.25, 0.3) is 0 Å². The Morgan fingerprint density at radius 3 is 2.12 bits per heavy atom. The molecular weight excluding hydrogens is 324 g/mol. The van der Waals surface area contributed by atoms with E-state index in [1.54, 1.807) is 0 Å². The molecule has 2 aliphatic rings. The molecule has 124 valence electrons. The van der Waals surface area contributed by atoms with Crippen molar-refractivity contribution in [2.75, 3.05) is 11.5 Å². The van der Waals surface area contributed by atoms with Gasteiger partial charge in [0.15, 0.2) is 11.4 Å². The molecule has 4 rings (SSSR count). The Hall–Kier alpha value is -1.66. The van der Waals surface area contributed by atoms with Gasteiger partial charge in [0.2, 0.25) is 5.79 Å². The van der Waals surface area contributed by atoms with Crippen molar-refractivity contribution in [3.05, 3.63) is 71.8 Å². The number of carbonyl (C=O) groups is 1. The minimum absolute atomic E-state index is 0.00767. The van der Waals surface area contributed by atoms with Crippen LogP contribution >= 0.6 is 11.8 Å². The van der Waals surface area contributed by atoms with E-state index in [9.17, 15) is 9.90 Å². The molecule has 2 aromatic rings. The third-order valence-electron chi connectivity index (χ3n) is 4.79. The third-order valence-corrected chi connectivity index (χ3v) is 5.89. The molecule has 24 heavy (non-hydrogen) atoms. The normalized spacial score (nSPS) is 29.0. The summed E-state index contributed by atoms with van der Waals surface area (Å²) in [5.41, 5.74) is 0.908. The van der Waals surface area contributed by atoms with Crippen LogP contribution in [-0.4, -0.2) is 28.2 Å². The highest BCUT2D eigenvalue weighted by atomic mass is 32.2. The molecule has 0 bridgehead atoms. The molecule has 1 N–H and O–H groups in total. The second kappa shape index (κ2) is 6.01. The number of rotatable bonds is 2. The average molecular weight is 342 g/mol. The summed E-state index contributed by atoms with van der Waals surface area (Å²) in [7, 11) is 0. The first kappa shape index (κ1) is 15.8. The van der Waals surface area contributed by atoms with Gasteiger partial charge in [0, 0.05) is 6.42 Å². The van der Waals surface area contributed by atoms with Gasteiger partial charge in [-0.1, -0.05) is 60.7 Å². The fourth-order valence-corrected chi connectivity index (χ4v) is 4.53. The number of hydrogen-bond acceptors (Lipinski definition) is 5. The van der Waals surface area contributed by atoms with Gasteiger partial charge >= 0.3 is 0 Å². The summed E-state index contributed by atoms with van der Waals surface area (Å²) in [4.78, 5) is 23.8. The van der Waals surface area contributed by atoms with Gasteiger partial charge in [0.05, 0.1) is 17.4 Å². The summed E-state index contributed by atoms with van der Waals surface area (Å²) >= 11 is 1.37. The van der Waals surface area contributed by atoms with Crippen molar-refractivity contribution in [1.29, 1.82) is 0 Å². The van der Waals surface area contributed by atoms with E-state index in [0.29, 0.717) is 17.9 Å². The smallest absolute Gasteiger partial charge is 0.218 e. The Balaban J connectivity index is 1.82. The predicted molar refractivity (Wildman–Crippen MR) is 91.2 cm³/mol. The van der Waals surface area contributed by atoms with Crippen LogP contribution in [0.1, 0.15) is 17.5 Å². The van der Waals surface area contributed by atoms with Crippen LogP contribution in [0, 0.1) is 5.92 Å². The molecule has 0 saturated carbocycles. The summed E-state index contributed by atoms with van der Waals surface area (Å²) in [6.45, 7) is 0. The Morgan fingerprint density at radius 2 is 1.54 bits per heavy atom. The van der Waals surface area contributed by atoms with Crippen molar-refractivity contribution < 1.29 is 19.7 Å². The Morgan fingerprint density at radius 1 is 0.958 bits per heavy atom. The van der Waals surface area contributed by atoms with Gasteiger partial charge in [-0.15, -0.1) is 11.8 Å². The maximum atomic E-state index is 12.5. The lowest BCUT2D eigenvalue weighted by Crippen LogP contribution is -2.58. The zero-order valence-electron chi connectivity index (χ0n) is 13.1. The highest BCUT2D eigenvalue weighted by molar-refractivity contribution is 8.00. The number of carbonyl (C=O) groups excluding carboxylic acids is 1. The SMILES string of the molecule is O=C1CSC[C@@]2(O)OOC(c3ccccc3)(c3ccccc3)C[C@H]12. The van der Waals surface area contributed by atoms with E-state index in [0.717, 1.165) is 11.1 Å². The molecule has 2 heterocycles.